The molecular formula is C13H20N2O3. The third kappa shape index (κ3) is 3.72. The minimum absolute atomic E-state index is 0.0331. The summed E-state index contributed by atoms with van der Waals surface area (Å²) in [4.78, 5) is 11.2. The number of methoxy groups -OCH3 is 1. The van der Waals surface area contributed by atoms with Crippen LogP contribution in [0.25, 0.3) is 0 Å². The fourth-order valence-corrected chi connectivity index (χ4v) is 1.66. The van der Waals surface area contributed by atoms with E-state index in [0.717, 1.165) is 22.4 Å². The van der Waals surface area contributed by atoms with Crippen LogP contribution in [0.2, 0.25) is 0 Å². The second-order valence-electron chi connectivity index (χ2n) is 3.97. The summed E-state index contributed by atoms with van der Waals surface area (Å²) < 4.78 is 10.6. The van der Waals surface area contributed by atoms with Gasteiger partial charge in [0.05, 0.1) is 13.7 Å². The number of benzene rings is 1. The lowest BCUT2D eigenvalue weighted by Crippen LogP contribution is -2.36. The van der Waals surface area contributed by atoms with Gasteiger partial charge >= 0.3 is 0 Å². The molecule has 0 aliphatic carbocycles. The number of hydrogen-bond acceptors (Lipinski definition) is 4. The van der Waals surface area contributed by atoms with Gasteiger partial charge in [-0.2, -0.15) is 0 Å². The SMILES string of the molecule is CNNC(=O)COCc1ccc(OC)c(C)c1C. The number of hydrazine groups is 1. The Morgan fingerprint density at radius 3 is 2.61 bits per heavy atom. The van der Waals surface area contributed by atoms with E-state index in [4.69, 9.17) is 9.47 Å². The first-order valence-corrected chi connectivity index (χ1v) is 5.76. The fraction of sp³-hybridized carbons (Fsp3) is 0.462. The zero-order valence-electron chi connectivity index (χ0n) is 11.3. The highest BCUT2D eigenvalue weighted by molar-refractivity contribution is 5.76. The zero-order chi connectivity index (χ0) is 13.5. The monoisotopic (exact) mass is 252 g/mol. The third-order valence-electron chi connectivity index (χ3n) is 2.82. The van der Waals surface area contributed by atoms with Crippen LogP contribution in [-0.2, 0) is 16.1 Å². The average Bonchev–Trinajstić information content (AvgIpc) is 2.35. The molecule has 100 valence electrons. The molecule has 1 aromatic rings. The summed E-state index contributed by atoms with van der Waals surface area (Å²) in [5.41, 5.74) is 8.28. The number of rotatable bonds is 6. The van der Waals surface area contributed by atoms with Gasteiger partial charge in [0.25, 0.3) is 5.91 Å². The highest BCUT2D eigenvalue weighted by atomic mass is 16.5. The third-order valence-corrected chi connectivity index (χ3v) is 2.82. The van der Waals surface area contributed by atoms with E-state index in [2.05, 4.69) is 10.9 Å². The Morgan fingerprint density at radius 1 is 1.28 bits per heavy atom. The number of hydrogen-bond donors (Lipinski definition) is 2. The summed E-state index contributed by atoms with van der Waals surface area (Å²) in [5, 5.41) is 0. The standard InChI is InChI=1S/C13H20N2O3/c1-9-10(2)12(17-4)6-5-11(9)7-18-8-13(16)15-14-3/h5-6,14H,7-8H2,1-4H3,(H,15,16). The molecule has 0 atom stereocenters. The van der Waals surface area contributed by atoms with Gasteiger partial charge < -0.3 is 9.47 Å². The molecule has 0 radical (unpaired) electrons. The van der Waals surface area contributed by atoms with Crippen molar-refractivity contribution in [3.63, 3.8) is 0 Å². The average molecular weight is 252 g/mol. The topological polar surface area (TPSA) is 59.6 Å². The Morgan fingerprint density at radius 2 is 2.00 bits per heavy atom. The van der Waals surface area contributed by atoms with Gasteiger partial charge in [-0.15, -0.1) is 0 Å². The van der Waals surface area contributed by atoms with Crippen LogP contribution >= 0.6 is 0 Å². The van der Waals surface area contributed by atoms with E-state index < -0.39 is 0 Å². The van der Waals surface area contributed by atoms with E-state index in [-0.39, 0.29) is 12.5 Å². The molecule has 0 aromatic heterocycles. The van der Waals surface area contributed by atoms with Crippen molar-refractivity contribution in [1.82, 2.24) is 10.9 Å². The van der Waals surface area contributed by atoms with Gasteiger partial charge in [0.15, 0.2) is 0 Å². The van der Waals surface area contributed by atoms with Crippen LogP contribution in [0, 0.1) is 13.8 Å². The van der Waals surface area contributed by atoms with Crippen LogP contribution in [0.4, 0.5) is 0 Å². The molecule has 0 unspecified atom stereocenters. The molecule has 18 heavy (non-hydrogen) atoms. The Bertz CT molecular complexity index is 419. The van der Waals surface area contributed by atoms with Crippen LogP contribution in [-0.4, -0.2) is 26.7 Å². The van der Waals surface area contributed by atoms with E-state index in [0.29, 0.717) is 6.61 Å². The highest BCUT2D eigenvalue weighted by Gasteiger charge is 2.07. The van der Waals surface area contributed by atoms with Gasteiger partial charge in [0.2, 0.25) is 0 Å². The molecule has 0 fully saturated rings. The molecule has 0 saturated heterocycles. The summed E-state index contributed by atoms with van der Waals surface area (Å²) in [6.45, 7) is 4.47. The first kappa shape index (κ1) is 14.5. The molecule has 0 bridgehead atoms. The van der Waals surface area contributed by atoms with Gasteiger partial charge in [0, 0.05) is 7.05 Å². The molecule has 0 aliphatic heterocycles. The Kier molecular flexibility index (Phi) is 5.61. The second-order valence-corrected chi connectivity index (χ2v) is 3.97. The van der Waals surface area contributed by atoms with E-state index in [9.17, 15) is 4.79 Å². The van der Waals surface area contributed by atoms with Crippen molar-refractivity contribution in [3.05, 3.63) is 28.8 Å². The lowest BCUT2D eigenvalue weighted by molar-refractivity contribution is -0.126. The summed E-state index contributed by atoms with van der Waals surface area (Å²) in [5.74, 6) is 0.671. The Hall–Kier alpha value is -1.59. The van der Waals surface area contributed by atoms with E-state index in [1.54, 1.807) is 14.2 Å². The van der Waals surface area contributed by atoms with Gasteiger partial charge in [-0.3, -0.25) is 10.2 Å². The zero-order valence-corrected chi connectivity index (χ0v) is 11.3. The van der Waals surface area contributed by atoms with Crippen LogP contribution in [0.1, 0.15) is 16.7 Å². The molecule has 2 N–H and O–H groups in total. The summed E-state index contributed by atoms with van der Waals surface area (Å²) in [7, 11) is 3.29. The van der Waals surface area contributed by atoms with Crippen molar-refractivity contribution >= 4 is 5.91 Å². The predicted octanol–water partition coefficient (Wildman–Crippen LogP) is 1.08. The maximum absolute atomic E-state index is 11.2. The first-order valence-electron chi connectivity index (χ1n) is 5.76. The summed E-state index contributed by atoms with van der Waals surface area (Å²) in [6, 6.07) is 3.87. The molecule has 1 amide bonds. The number of carbonyl (C=O) groups excluding carboxylic acids is 1. The Balaban J connectivity index is 2.58. The van der Waals surface area contributed by atoms with Crippen molar-refractivity contribution in [1.29, 1.82) is 0 Å². The van der Waals surface area contributed by atoms with Crippen molar-refractivity contribution in [2.75, 3.05) is 20.8 Å². The number of ether oxygens (including phenoxy) is 2. The van der Waals surface area contributed by atoms with Crippen molar-refractivity contribution < 1.29 is 14.3 Å². The molecule has 1 rings (SSSR count). The predicted molar refractivity (Wildman–Crippen MR) is 69.3 cm³/mol. The van der Waals surface area contributed by atoms with E-state index in [1.807, 2.05) is 26.0 Å². The molecule has 0 aliphatic rings. The lowest BCUT2D eigenvalue weighted by Gasteiger charge is -2.12. The molecule has 1 aromatic carbocycles. The van der Waals surface area contributed by atoms with Crippen molar-refractivity contribution in [3.8, 4) is 5.75 Å². The fourth-order valence-electron chi connectivity index (χ4n) is 1.66. The van der Waals surface area contributed by atoms with Gasteiger partial charge in [-0.05, 0) is 36.6 Å². The van der Waals surface area contributed by atoms with E-state index >= 15 is 0 Å². The molecule has 5 heteroatoms. The van der Waals surface area contributed by atoms with Crippen molar-refractivity contribution in [2.45, 2.75) is 20.5 Å². The highest BCUT2D eigenvalue weighted by Crippen LogP contribution is 2.24. The van der Waals surface area contributed by atoms with Crippen LogP contribution in [0.3, 0.4) is 0 Å². The minimum atomic E-state index is -0.194. The minimum Gasteiger partial charge on any atom is -0.496 e. The normalized spacial score (nSPS) is 10.2. The summed E-state index contributed by atoms with van der Waals surface area (Å²) >= 11 is 0. The maximum atomic E-state index is 11.2. The lowest BCUT2D eigenvalue weighted by atomic mass is 10.0. The second kappa shape index (κ2) is 6.98. The summed E-state index contributed by atoms with van der Waals surface area (Å²) in [6.07, 6.45) is 0. The number of carbonyl (C=O) groups is 1. The van der Waals surface area contributed by atoms with Gasteiger partial charge in [-0.1, -0.05) is 6.07 Å². The van der Waals surface area contributed by atoms with E-state index in [1.165, 1.54) is 0 Å². The molecular weight excluding hydrogens is 232 g/mol. The van der Waals surface area contributed by atoms with Gasteiger partial charge in [0.1, 0.15) is 12.4 Å². The largest absolute Gasteiger partial charge is 0.496 e. The van der Waals surface area contributed by atoms with Gasteiger partial charge in [-0.25, -0.2) is 5.43 Å². The first-order chi connectivity index (χ1) is 8.60. The van der Waals surface area contributed by atoms with Crippen LogP contribution < -0.4 is 15.6 Å². The smallest absolute Gasteiger partial charge is 0.260 e. The molecule has 0 heterocycles. The number of amides is 1. The van der Waals surface area contributed by atoms with Crippen molar-refractivity contribution in [2.24, 2.45) is 0 Å². The number of nitrogens with one attached hydrogen (secondary N) is 2. The quantitative estimate of drug-likeness (QED) is 0.744. The Labute approximate surface area is 107 Å². The molecule has 5 nitrogen and oxygen atoms in total. The molecule has 0 saturated carbocycles. The van der Waals surface area contributed by atoms with Crippen LogP contribution in [0.15, 0.2) is 12.1 Å². The molecule has 0 spiro atoms. The maximum Gasteiger partial charge on any atom is 0.260 e. The van der Waals surface area contributed by atoms with Crippen LogP contribution in [0.5, 0.6) is 5.75 Å².